The van der Waals surface area contributed by atoms with E-state index >= 15 is 0 Å². The van der Waals surface area contributed by atoms with Crippen molar-refractivity contribution in [1.82, 2.24) is 15.3 Å². The SMILES string of the molecule is CC(=O)NCCCCC(=O)c1[nH]c2ccc(NS(=O)(=O)c3ccc(C(C)(C)C)cc3)cc2c1-c1ccncc1. The number of H-pyrrole nitrogens is 1. The topological polar surface area (TPSA) is 121 Å². The second kappa shape index (κ2) is 11.4. The third-order valence-corrected chi connectivity index (χ3v) is 7.93. The van der Waals surface area contributed by atoms with Crippen LogP contribution in [0.4, 0.5) is 5.69 Å². The van der Waals surface area contributed by atoms with Crippen molar-refractivity contribution < 1.29 is 18.0 Å². The van der Waals surface area contributed by atoms with Crippen LogP contribution in [0.25, 0.3) is 22.0 Å². The van der Waals surface area contributed by atoms with Gasteiger partial charge in [-0.2, -0.15) is 0 Å². The molecule has 0 spiro atoms. The Labute approximate surface area is 229 Å². The maximum Gasteiger partial charge on any atom is 0.261 e. The minimum Gasteiger partial charge on any atom is -0.356 e. The zero-order valence-electron chi connectivity index (χ0n) is 22.7. The normalized spacial score (nSPS) is 11.9. The van der Waals surface area contributed by atoms with Crippen molar-refractivity contribution in [1.29, 1.82) is 0 Å². The van der Waals surface area contributed by atoms with Crippen LogP contribution in [-0.2, 0) is 20.2 Å². The number of carbonyl (C=O) groups excluding carboxylic acids is 2. The van der Waals surface area contributed by atoms with E-state index in [0.29, 0.717) is 42.8 Å². The zero-order chi connectivity index (χ0) is 28.2. The number of hydrogen-bond donors (Lipinski definition) is 3. The van der Waals surface area contributed by atoms with Gasteiger partial charge < -0.3 is 10.3 Å². The number of Topliss-reactive ketones (excluding diaryl/α,β-unsaturated/α-hetero) is 1. The number of sulfonamides is 1. The van der Waals surface area contributed by atoms with Crippen LogP contribution < -0.4 is 10.0 Å². The molecular weight excluding hydrogens is 512 g/mol. The Bertz CT molecular complexity index is 1590. The Morgan fingerprint density at radius 1 is 0.949 bits per heavy atom. The van der Waals surface area contributed by atoms with Gasteiger partial charge in [-0.15, -0.1) is 0 Å². The summed E-state index contributed by atoms with van der Waals surface area (Å²) >= 11 is 0. The van der Waals surface area contributed by atoms with Crippen molar-refractivity contribution in [2.75, 3.05) is 11.3 Å². The number of nitrogens with one attached hydrogen (secondary N) is 3. The summed E-state index contributed by atoms with van der Waals surface area (Å²) < 4.78 is 29.0. The molecule has 204 valence electrons. The minimum absolute atomic E-state index is 0.0538. The number of carbonyl (C=O) groups is 2. The molecule has 9 heteroatoms. The summed E-state index contributed by atoms with van der Waals surface area (Å²) in [5.74, 6) is -0.146. The maximum atomic E-state index is 13.3. The minimum atomic E-state index is -3.82. The highest BCUT2D eigenvalue weighted by atomic mass is 32.2. The number of hydrogen-bond acceptors (Lipinski definition) is 5. The first-order chi connectivity index (χ1) is 18.5. The Hall–Kier alpha value is -3.98. The van der Waals surface area contributed by atoms with Gasteiger partial charge in [-0.3, -0.25) is 19.3 Å². The van der Waals surface area contributed by atoms with Crippen molar-refractivity contribution >= 4 is 38.3 Å². The quantitative estimate of drug-likeness (QED) is 0.171. The Kier molecular flexibility index (Phi) is 8.20. The first kappa shape index (κ1) is 28.0. The fourth-order valence-electron chi connectivity index (χ4n) is 4.43. The molecule has 0 unspecified atom stereocenters. The molecule has 4 aromatic rings. The summed E-state index contributed by atoms with van der Waals surface area (Å²) in [7, 11) is -3.82. The molecule has 0 aliphatic carbocycles. The van der Waals surface area contributed by atoms with E-state index in [2.05, 4.69) is 40.8 Å². The smallest absolute Gasteiger partial charge is 0.261 e. The standard InChI is InChI=1S/C30H34N4O4S/c1-20(35)32-16-6-5-7-27(36)29-28(21-14-17-31-18-15-21)25-19-23(10-13-26(25)33-29)34-39(37,38)24-11-8-22(9-12-24)30(2,3)4/h8-15,17-19,33-34H,5-7,16H2,1-4H3,(H,32,35). The van der Waals surface area contributed by atoms with Crippen LogP contribution in [0, 0.1) is 0 Å². The van der Waals surface area contributed by atoms with Gasteiger partial charge in [0.15, 0.2) is 5.78 Å². The van der Waals surface area contributed by atoms with Crippen LogP contribution in [0.15, 0.2) is 71.9 Å². The summed E-state index contributed by atoms with van der Waals surface area (Å²) in [6.07, 6.45) is 4.95. The lowest BCUT2D eigenvalue weighted by Crippen LogP contribution is -2.20. The predicted octanol–water partition coefficient (Wildman–Crippen LogP) is 5.82. The van der Waals surface area contributed by atoms with Crippen molar-refractivity contribution in [3.05, 3.63) is 78.2 Å². The van der Waals surface area contributed by atoms with Gasteiger partial charge in [0.2, 0.25) is 5.91 Å². The number of anilines is 1. The third kappa shape index (κ3) is 6.72. The van der Waals surface area contributed by atoms with Crippen LogP contribution >= 0.6 is 0 Å². The lowest BCUT2D eigenvalue weighted by atomic mass is 9.87. The summed E-state index contributed by atoms with van der Waals surface area (Å²) in [5, 5.41) is 3.47. The van der Waals surface area contributed by atoms with Crippen molar-refractivity contribution in [2.45, 2.75) is 57.3 Å². The number of nitrogens with zero attached hydrogens (tertiary/aromatic N) is 1. The molecule has 0 aliphatic heterocycles. The maximum absolute atomic E-state index is 13.3. The molecule has 39 heavy (non-hydrogen) atoms. The van der Waals surface area contributed by atoms with Crippen LogP contribution in [0.1, 0.15) is 63.0 Å². The van der Waals surface area contributed by atoms with E-state index < -0.39 is 10.0 Å². The van der Waals surface area contributed by atoms with E-state index in [0.717, 1.165) is 22.0 Å². The van der Waals surface area contributed by atoms with Gasteiger partial charge in [0, 0.05) is 54.4 Å². The molecular formula is C30H34N4O4S. The van der Waals surface area contributed by atoms with E-state index in [-0.39, 0.29) is 22.0 Å². The lowest BCUT2D eigenvalue weighted by molar-refractivity contribution is -0.118. The summed E-state index contributed by atoms with van der Waals surface area (Å²) in [6, 6.07) is 15.7. The lowest BCUT2D eigenvalue weighted by Gasteiger charge is -2.19. The summed E-state index contributed by atoms with van der Waals surface area (Å²) in [6.45, 7) is 8.22. The van der Waals surface area contributed by atoms with Gasteiger partial charge in [0.25, 0.3) is 10.0 Å². The monoisotopic (exact) mass is 546 g/mol. The second-order valence-corrected chi connectivity index (χ2v) is 12.3. The molecule has 0 aliphatic rings. The molecule has 0 fully saturated rings. The molecule has 0 radical (unpaired) electrons. The van der Waals surface area contributed by atoms with E-state index in [4.69, 9.17) is 0 Å². The molecule has 8 nitrogen and oxygen atoms in total. The van der Waals surface area contributed by atoms with Crippen molar-refractivity contribution in [3.63, 3.8) is 0 Å². The number of rotatable bonds is 10. The van der Waals surface area contributed by atoms with E-state index in [1.54, 1.807) is 42.7 Å². The fraction of sp³-hybridized carbons (Fsp3) is 0.300. The summed E-state index contributed by atoms with van der Waals surface area (Å²) in [5.41, 5.74) is 4.05. The second-order valence-electron chi connectivity index (χ2n) is 10.6. The van der Waals surface area contributed by atoms with Crippen LogP contribution in [0.5, 0.6) is 0 Å². The number of amides is 1. The van der Waals surface area contributed by atoms with Crippen molar-refractivity contribution in [3.8, 4) is 11.1 Å². The highest BCUT2D eigenvalue weighted by molar-refractivity contribution is 7.92. The van der Waals surface area contributed by atoms with Gasteiger partial charge in [0.1, 0.15) is 0 Å². The Morgan fingerprint density at radius 2 is 1.64 bits per heavy atom. The van der Waals surface area contributed by atoms with Crippen LogP contribution in [-0.4, -0.2) is 36.6 Å². The first-order valence-electron chi connectivity index (χ1n) is 12.9. The van der Waals surface area contributed by atoms with E-state index in [1.807, 2.05) is 24.3 Å². The van der Waals surface area contributed by atoms with E-state index in [9.17, 15) is 18.0 Å². The molecule has 1 amide bonds. The first-order valence-corrected chi connectivity index (χ1v) is 14.4. The molecule has 0 bridgehead atoms. The number of aromatic amines is 1. The highest BCUT2D eigenvalue weighted by Gasteiger charge is 2.21. The number of pyridine rings is 1. The van der Waals surface area contributed by atoms with Gasteiger partial charge in [-0.05, 0) is 71.8 Å². The summed E-state index contributed by atoms with van der Waals surface area (Å²) in [4.78, 5) is 31.8. The fourth-order valence-corrected chi connectivity index (χ4v) is 5.48. The number of benzene rings is 2. The Morgan fingerprint density at radius 3 is 2.28 bits per heavy atom. The average Bonchev–Trinajstić information content (AvgIpc) is 3.27. The number of ketones is 1. The molecule has 2 heterocycles. The van der Waals surface area contributed by atoms with Gasteiger partial charge in [-0.25, -0.2) is 8.42 Å². The Balaban J connectivity index is 1.64. The molecule has 2 aromatic heterocycles. The highest BCUT2D eigenvalue weighted by Crippen LogP contribution is 2.35. The van der Waals surface area contributed by atoms with Crippen LogP contribution in [0.3, 0.4) is 0 Å². The number of aromatic nitrogens is 2. The van der Waals surface area contributed by atoms with E-state index in [1.165, 1.54) is 6.92 Å². The molecule has 0 atom stereocenters. The largest absolute Gasteiger partial charge is 0.356 e. The van der Waals surface area contributed by atoms with Crippen LogP contribution in [0.2, 0.25) is 0 Å². The van der Waals surface area contributed by atoms with Crippen molar-refractivity contribution in [2.24, 2.45) is 0 Å². The average molecular weight is 547 g/mol. The zero-order valence-corrected chi connectivity index (χ0v) is 23.5. The van der Waals surface area contributed by atoms with Gasteiger partial charge in [-0.1, -0.05) is 32.9 Å². The molecule has 3 N–H and O–H groups in total. The molecule has 4 rings (SSSR count). The predicted molar refractivity (Wildman–Crippen MR) is 154 cm³/mol. The third-order valence-electron chi connectivity index (χ3n) is 6.53. The van der Waals surface area contributed by atoms with Gasteiger partial charge in [0.05, 0.1) is 10.6 Å². The number of unbranched alkanes of at least 4 members (excludes halogenated alkanes) is 1. The molecule has 2 aromatic carbocycles. The number of fused-ring (bicyclic) bond motifs is 1. The molecule has 0 saturated heterocycles. The molecule has 0 saturated carbocycles. The van der Waals surface area contributed by atoms with Gasteiger partial charge >= 0.3 is 0 Å².